The molecule has 0 bridgehead atoms. The van der Waals surface area contributed by atoms with E-state index < -0.39 is 0 Å². The SMILES string of the molecule is CC(=O)N1CCCN(Cc2ccccc2F)CC1. The Morgan fingerprint density at radius 3 is 2.72 bits per heavy atom. The number of hydrogen-bond acceptors (Lipinski definition) is 2. The fourth-order valence-corrected chi connectivity index (χ4v) is 2.31. The molecule has 2 rings (SSSR count). The summed E-state index contributed by atoms with van der Waals surface area (Å²) >= 11 is 0. The van der Waals surface area contributed by atoms with Crippen molar-refractivity contribution in [3.8, 4) is 0 Å². The zero-order valence-electron chi connectivity index (χ0n) is 10.7. The number of carbonyl (C=O) groups is 1. The Balaban J connectivity index is 1.95. The van der Waals surface area contributed by atoms with Crippen molar-refractivity contribution >= 4 is 5.91 Å². The summed E-state index contributed by atoms with van der Waals surface area (Å²) in [5, 5.41) is 0. The third kappa shape index (κ3) is 3.29. The van der Waals surface area contributed by atoms with Crippen LogP contribution in [0, 0.1) is 5.82 Å². The summed E-state index contributed by atoms with van der Waals surface area (Å²) in [6.45, 7) is 5.50. The normalized spacial score (nSPS) is 17.6. The van der Waals surface area contributed by atoms with Gasteiger partial charge in [-0.2, -0.15) is 0 Å². The minimum atomic E-state index is -0.148. The predicted octanol–water partition coefficient (Wildman–Crippen LogP) is 1.88. The van der Waals surface area contributed by atoms with E-state index in [0.29, 0.717) is 6.54 Å². The standard InChI is InChI=1S/C14H19FN2O/c1-12(18)17-8-4-7-16(9-10-17)11-13-5-2-3-6-14(13)15/h2-3,5-6H,4,7-11H2,1H3. The lowest BCUT2D eigenvalue weighted by Crippen LogP contribution is -2.33. The summed E-state index contributed by atoms with van der Waals surface area (Å²) in [5.41, 5.74) is 0.730. The Labute approximate surface area is 107 Å². The van der Waals surface area contributed by atoms with Gasteiger partial charge in [0.25, 0.3) is 0 Å². The van der Waals surface area contributed by atoms with Crippen molar-refractivity contribution in [2.45, 2.75) is 19.9 Å². The van der Waals surface area contributed by atoms with Crippen molar-refractivity contribution < 1.29 is 9.18 Å². The number of hydrogen-bond donors (Lipinski definition) is 0. The van der Waals surface area contributed by atoms with Gasteiger partial charge in [0.05, 0.1) is 0 Å². The number of halogens is 1. The molecule has 0 saturated carbocycles. The van der Waals surface area contributed by atoms with Gasteiger partial charge in [-0.3, -0.25) is 9.69 Å². The van der Waals surface area contributed by atoms with Crippen LogP contribution in [0.5, 0.6) is 0 Å². The highest BCUT2D eigenvalue weighted by molar-refractivity contribution is 5.73. The lowest BCUT2D eigenvalue weighted by Gasteiger charge is -2.21. The fourth-order valence-electron chi connectivity index (χ4n) is 2.31. The van der Waals surface area contributed by atoms with E-state index in [2.05, 4.69) is 4.90 Å². The van der Waals surface area contributed by atoms with Gasteiger partial charge in [-0.25, -0.2) is 4.39 Å². The third-order valence-electron chi connectivity index (χ3n) is 3.39. The second-order valence-corrected chi connectivity index (χ2v) is 4.73. The second kappa shape index (κ2) is 5.96. The number of nitrogens with zero attached hydrogens (tertiary/aromatic N) is 2. The highest BCUT2D eigenvalue weighted by Gasteiger charge is 2.17. The van der Waals surface area contributed by atoms with E-state index in [1.807, 2.05) is 17.0 Å². The lowest BCUT2D eigenvalue weighted by atomic mass is 10.2. The number of carbonyl (C=O) groups excluding carboxylic acids is 1. The summed E-state index contributed by atoms with van der Waals surface area (Å²) in [5.74, 6) is -0.0205. The second-order valence-electron chi connectivity index (χ2n) is 4.73. The number of amides is 1. The molecule has 1 aliphatic heterocycles. The van der Waals surface area contributed by atoms with Gasteiger partial charge in [-0.15, -0.1) is 0 Å². The van der Waals surface area contributed by atoms with Crippen molar-refractivity contribution in [1.29, 1.82) is 0 Å². The molecule has 0 radical (unpaired) electrons. The number of benzene rings is 1. The molecule has 1 amide bonds. The molecule has 1 saturated heterocycles. The van der Waals surface area contributed by atoms with E-state index in [1.165, 1.54) is 6.07 Å². The van der Waals surface area contributed by atoms with E-state index in [9.17, 15) is 9.18 Å². The Morgan fingerprint density at radius 2 is 2.00 bits per heavy atom. The summed E-state index contributed by atoms with van der Waals surface area (Å²) in [6.07, 6.45) is 0.952. The van der Waals surface area contributed by atoms with Crippen molar-refractivity contribution in [2.75, 3.05) is 26.2 Å². The molecule has 0 aromatic heterocycles. The summed E-state index contributed by atoms with van der Waals surface area (Å²) in [4.78, 5) is 15.4. The van der Waals surface area contributed by atoms with Crippen molar-refractivity contribution in [2.24, 2.45) is 0 Å². The van der Waals surface area contributed by atoms with Crippen LogP contribution in [0.4, 0.5) is 4.39 Å². The first-order valence-electron chi connectivity index (χ1n) is 6.38. The van der Waals surface area contributed by atoms with Gasteiger partial charge in [-0.1, -0.05) is 18.2 Å². The van der Waals surface area contributed by atoms with Crippen molar-refractivity contribution in [3.05, 3.63) is 35.6 Å². The van der Waals surface area contributed by atoms with Gasteiger partial charge in [-0.05, 0) is 12.5 Å². The Morgan fingerprint density at radius 1 is 1.22 bits per heavy atom. The van der Waals surface area contributed by atoms with Crippen LogP contribution in [-0.2, 0) is 11.3 Å². The molecule has 18 heavy (non-hydrogen) atoms. The van der Waals surface area contributed by atoms with Gasteiger partial charge < -0.3 is 4.90 Å². The Kier molecular flexibility index (Phi) is 4.31. The van der Waals surface area contributed by atoms with E-state index >= 15 is 0 Å². The first-order valence-corrected chi connectivity index (χ1v) is 6.38. The minimum absolute atomic E-state index is 0.128. The van der Waals surface area contributed by atoms with E-state index in [-0.39, 0.29) is 11.7 Å². The summed E-state index contributed by atoms with van der Waals surface area (Å²) in [6, 6.07) is 6.88. The van der Waals surface area contributed by atoms with Crippen LogP contribution in [0.15, 0.2) is 24.3 Å². The maximum absolute atomic E-state index is 13.6. The summed E-state index contributed by atoms with van der Waals surface area (Å²) < 4.78 is 13.6. The molecule has 4 heteroatoms. The quantitative estimate of drug-likeness (QED) is 0.800. The van der Waals surface area contributed by atoms with Crippen LogP contribution in [0.2, 0.25) is 0 Å². The van der Waals surface area contributed by atoms with Crippen LogP contribution < -0.4 is 0 Å². The zero-order valence-corrected chi connectivity index (χ0v) is 10.7. The molecule has 98 valence electrons. The van der Waals surface area contributed by atoms with Crippen LogP contribution in [0.1, 0.15) is 18.9 Å². The first-order chi connectivity index (χ1) is 8.66. The molecule has 3 nitrogen and oxygen atoms in total. The first kappa shape index (κ1) is 13.0. The van der Waals surface area contributed by atoms with Crippen LogP contribution >= 0.6 is 0 Å². The largest absolute Gasteiger partial charge is 0.342 e. The molecule has 1 heterocycles. The molecule has 0 spiro atoms. The van der Waals surface area contributed by atoms with Crippen molar-refractivity contribution in [1.82, 2.24) is 9.80 Å². The third-order valence-corrected chi connectivity index (χ3v) is 3.39. The molecule has 1 aromatic carbocycles. The average Bonchev–Trinajstić information content (AvgIpc) is 2.58. The molecule has 1 aromatic rings. The van der Waals surface area contributed by atoms with Gasteiger partial charge in [0.15, 0.2) is 0 Å². The smallest absolute Gasteiger partial charge is 0.219 e. The van der Waals surface area contributed by atoms with E-state index in [4.69, 9.17) is 0 Å². The maximum atomic E-state index is 13.6. The molecule has 0 N–H and O–H groups in total. The van der Waals surface area contributed by atoms with Gasteiger partial charge in [0, 0.05) is 45.2 Å². The molecule has 0 unspecified atom stereocenters. The van der Waals surface area contributed by atoms with Gasteiger partial charge in [0.2, 0.25) is 5.91 Å². The maximum Gasteiger partial charge on any atom is 0.219 e. The average molecular weight is 250 g/mol. The van der Waals surface area contributed by atoms with Crippen LogP contribution in [0.3, 0.4) is 0 Å². The molecule has 0 atom stereocenters. The molecule has 0 aliphatic carbocycles. The Hall–Kier alpha value is -1.42. The molecular formula is C14H19FN2O. The van der Waals surface area contributed by atoms with Crippen LogP contribution in [0.25, 0.3) is 0 Å². The highest BCUT2D eigenvalue weighted by atomic mass is 19.1. The zero-order chi connectivity index (χ0) is 13.0. The lowest BCUT2D eigenvalue weighted by molar-refractivity contribution is -0.128. The van der Waals surface area contributed by atoms with E-state index in [0.717, 1.165) is 38.2 Å². The molecule has 1 fully saturated rings. The van der Waals surface area contributed by atoms with Gasteiger partial charge >= 0.3 is 0 Å². The monoisotopic (exact) mass is 250 g/mol. The van der Waals surface area contributed by atoms with Gasteiger partial charge in [0.1, 0.15) is 5.82 Å². The predicted molar refractivity (Wildman–Crippen MR) is 68.5 cm³/mol. The number of rotatable bonds is 2. The minimum Gasteiger partial charge on any atom is -0.342 e. The molecule has 1 aliphatic rings. The summed E-state index contributed by atoms with van der Waals surface area (Å²) in [7, 11) is 0. The Bertz CT molecular complexity index is 422. The van der Waals surface area contributed by atoms with Crippen LogP contribution in [-0.4, -0.2) is 41.9 Å². The topological polar surface area (TPSA) is 23.6 Å². The van der Waals surface area contributed by atoms with Crippen molar-refractivity contribution in [3.63, 3.8) is 0 Å². The highest BCUT2D eigenvalue weighted by Crippen LogP contribution is 2.12. The van der Waals surface area contributed by atoms with E-state index in [1.54, 1.807) is 13.0 Å². The fraction of sp³-hybridized carbons (Fsp3) is 0.500. The molecular weight excluding hydrogens is 231 g/mol.